The first kappa shape index (κ1) is 14.0. The second-order valence-electron chi connectivity index (χ2n) is 5.54. The second kappa shape index (κ2) is 6.22. The third-order valence-electron chi connectivity index (χ3n) is 4.22. The molecular weight excluding hydrogens is 264 g/mol. The van der Waals surface area contributed by atoms with E-state index < -0.39 is 0 Å². The molecule has 1 fully saturated rings. The topological polar surface area (TPSA) is 58.9 Å². The van der Waals surface area contributed by atoms with Gasteiger partial charge in [-0.05, 0) is 25.9 Å². The minimum atomic E-state index is 0.499. The van der Waals surface area contributed by atoms with Gasteiger partial charge in [0.05, 0.1) is 12.2 Å². The predicted molar refractivity (Wildman–Crippen MR) is 82.0 cm³/mol. The number of anilines is 1. The number of piperidine rings is 1. The molecule has 112 valence electrons. The average Bonchev–Trinajstić information content (AvgIpc) is 2.93. The number of aryl methyl sites for hydroxylation is 1. The van der Waals surface area contributed by atoms with Crippen LogP contribution in [0.2, 0.25) is 0 Å². The Morgan fingerprint density at radius 2 is 1.90 bits per heavy atom. The van der Waals surface area contributed by atoms with E-state index in [-0.39, 0.29) is 0 Å². The molecule has 0 radical (unpaired) electrons. The molecule has 0 unspecified atom stereocenters. The van der Waals surface area contributed by atoms with E-state index in [1.54, 1.807) is 12.4 Å². The van der Waals surface area contributed by atoms with Crippen molar-refractivity contribution in [2.45, 2.75) is 25.3 Å². The Morgan fingerprint density at radius 3 is 2.57 bits per heavy atom. The molecule has 0 saturated carbocycles. The zero-order chi connectivity index (χ0) is 14.7. The van der Waals surface area contributed by atoms with Gasteiger partial charge in [-0.25, -0.2) is 9.97 Å². The van der Waals surface area contributed by atoms with Gasteiger partial charge in [0.1, 0.15) is 11.6 Å². The lowest BCUT2D eigenvalue weighted by Gasteiger charge is -2.31. The summed E-state index contributed by atoms with van der Waals surface area (Å²) >= 11 is 0. The largest absolute Gasteiger partial charge is 0.372 e. The van der Waals surface area contributed by atoms with E-state index >= 15 is 0 Å². The number of nitrogens with one attached hydrogen (secondary N) is 1. The highest BCUT2D eigenvalue weighted by Crippen LogP contribution is 2.30. The van der Waals surface area contributed by atoms with E-state index in [0.717, 1.165) is 49.8 Å². The van der Waals surface area contributed by atoms with Crippen molar-refractivity contribution in [2.24, 2.45) is 7.05 Å². The summed E-state index contributed by atoms with van der Waals surface area (Å²) in [4.78, 5) is 15.8. The minimum Gasteiger partial charge on any atom is -0.372 e. The van der Waals surface area contributed by atoms with Crippen LogP contribution in [0.5, 0.6) is 0 Å². The molecule has 0 aliphatic carbocycles. The molecule has 2 aromatic rings. The van der Waals surface area contributed by atoms with Crippen molar-refractivity contribution in [3.8, 4) is 0 Å². The van der Waals surface area contributed by atoms with Gasteiger partial charge < -0.3 is 9.88 Å². The summed E-state index contributed by atoms with van der Waals surface area (Å²) < 4.78 is 2.09. The van der Waals surface area contributed by atoms with Crippen LogP contribution in [0.4, 0.5) is 5.82 Å². The van der Waals surface area contributed by atoms with Crippen molar-refractivity contribution < 1.29 is 0 Å². The Balaban J connectivity index is 1.61. The Hall–Kier alpha value is -1.95. The highest BCUT2D eigenvalue weighted by atomic mass is 15.2. The normalized spacial score (nSPS) is 17.0. The van der Waals surface area contributed by atoms with Crippen LogP contribution in [0.1, 0.15) is 30.3 Å². The second-order valence-corrected chi connectivity index (χ2v) is 5.54. The van der Waals surface area contributed by atoms with Crippen LogP contribution in [0.25, 0.3) is 0 Å². The fourth-order valence-corrected chi connectivity index (χ4v) is 2.95. The average molecular weight is 286 g/mol. The molecule has 2 aromatic heterocycles. The number of hydrogen-bond acceptors (Lipinski definition) is 5. The predicted octanol–water partition coefficient (Wildman–Crippen LogP) is 1.63. The van der Waals surface area contributed by atoms with Crippen LogP contribution >= 0.6 is 0 Å². The molecule has 1 saturated heterocycles. The molecular formula is C15H22N6. The van der Waals surface area contributed by atoms with Gasteiger partial charge >= 0.3 is 0 Å². The molecule has 1 N–H and O–H groups in total. The van der Waals surface area contributed by atoms with Crippen molar-refractivity contribution in [3.63, 3.8) is 0 Å². The Bertz CT molecular complexity index is 585. The Morgan fingerprint density at radius 1 is 1.14 bits per heavy atom. The van der Waals surface area contributed by atoms with Crippen LogP contribution in [-0.4, -0.2) is 44.6 Å². The maximum Gasteiger partial charge on any atom is 0.147 e. The first-order chi connectivity index (χ1) is 10.3. The van der Waals surface area contributed by atoms with Crippen LogP contribution in [-0.2, 0) is 13.6 Å². The minimum absolute atomic E-state index is 0.499. The van der Waals surface area contributed by atoms with E-state index in [2.05, 4.69) is 29.7 Å². The summed E-state index contributed by atoms with van der Waals surface area (Å²) in [6.07, 6.45) is 9.64. The van der Waals surface area contributed by atoms with E-state index in [1.165, 1.54) is 0 Å². The molecule has 0 amide bonds. The van der Waals surface area contributed by atoms with E-state index in [9.17, 15) is 0 Å². The first-order valence-corrected chi connectivity index (χ1v) is 7.45. The zero-order valence-corrected chi connectivity index (χ0v) is 12.7. The Kier molecular flexibility index (Phi) is 4.15. The zero-order valence-electron chi connectivity index (χ0n) is 12.7. The molecule has 1 aliphatic rings. The molecule has 1 aliphatic heterocycles. The van der Waals surface area contributed by atoms with Crippen molar-refractivity contribution in [1.29, 1.82) is 0 Å². The van der Waals surface area contributed by atoms with Gasteiger partial charge in [-0.3, -0.25) is 9.88 Å². The summed E-state index contributed by atoms with van der Waals surface area (Å²) in [5.74, 6) is 2.54. The van der Waals surface area contributed by atoms with Crippen molar-refractivity contribution in [1.82, 2.24) is 24.4 Å². The van der Waals surface area contributed by atoms with Crippen LogP contribution in [0, 0.1) is 0 Å². The van der Waals surface area contributed by atoms with Crippen molar-refractivity contribution in [2.75, 3.05) is 25.5 Å². The molecule has 6 heteroatoms. The van der Waals surface area contributed by atoms with Gasteiger partial charge in [0.2, 0.25) is 0 Å². The van der Waals surface area contributed by atoms with E-state index in [0.29, 0.717) is 5.92 Å². The summed E-state index contributed by atoms with van der Waals surface area (Å²) in [5.41, 5.74) is 1.11. The smallest absolute Gasteiger partial charge is 0.147 e. The molecule has 3 rings (SSSR count). The molecule has 3 heterocycles. The quantitative estimate of drug-likeness (QED) is 0.926. The Labute approximate surface area is 125 Å². The molecule has 0 atom stereocenters. The highest BCUT2D eigenvalue weighted by molar-refractivity contribution is 5.40. The number of rotatable bonds is 4. The summed E-state index contributed by atoms with van der Waals surface area (Å²) in [5, 5.41) is 3.15. The number of nitrogens with zero attached hydrogens (tertiary/aromatic N) is 5. The third kappa shape index (κ3) is 3.05. The van der Waals surface area contributed by atoms with E-state index in [1.807, 2.05) is 26.5 Å². The van der Waals surface area contributed by atoms with Gasteiger partial charge in [-0.1, -0.05) is 0 Å². The van der Waals surface area contributed by atoms with Gasteiger partial charge in [0.15, 0.2) is 0 Å². The van der Waals surface area contributed by atoms with Gasteiger partial charge in [-0.15, -0.1) is 0 Å². The van der Waals surface area contributed by atoms with Gasteiger partial charge in [-0.2, -0.15) is 0 Å². The van der Waals surface area contributed by atoms with Crippen LogP contribution < -0.4 is 5.32 Å². The van der Waals surface area contributed by atoms with Crippen LogP contribution in [0.3, 0.4) is 0 Å². The number of likely N-dealkylation sites (tertiary alicyclic amines) is 1. The molecule has 0 bridgehead atoms. The highest BCUT2D eigenvalue weighted by Gasteiger charge is 2.24. The fraction of sp³-hybridized carbons (Fsp3) is 0.533. The standard InChI is InChI=1S/C15H22N6/c1-16-15-14(18-5-6-19-15)12-3-8-21(9-4-12)11-13-17-7-10-20(13)2/h5-7,10,12H,3-4,8-9,11H2,1-2H3,(H,16,19). The molecule has 6 nitrogen and oxygen atoms in total. The summed E-state index contributed by atoms with van der Waals surface area (Å²) in [6.45, 7) is 3.09. The lowest BCUT2D eigenvalue weighted by Crippen LogP contribution is -2.33. The number of aromatic nitrogens is 4. The van der Waals surface area contributed by atoms with Crippen LogP contribution in [0.15, 0.2) is 24.8 Å². The maximum atomic E-state index is 4.53. The number of imidazole rings is 1. The maximum absolute atomic E-state index is 4.53. The molecule has 0 aromatic carbocycles. The van der Waals surface area contributed by atoms with Gasteiger partial charge in [0, 0.05) is 44.8 Å². The fourth-order valence-electron chi connectivity index (χ4n) is 2.95. The SMILES string of the molecule is CNc1nccnc1C1CCN(Cc2nccn2C)CC1. The molecule has 21 heavy (non-hydrogen) atoms. The van der Waals surface area contributed by atoms with Gasteiger partial charge in [0.25, 0.3) is 0 Å². The lowest BCUT2D eigenvalue weighted by molar-refractivity contribution is 0.197. The summed E-state index contributed by atoms with van der Waals surface area (Å²) in [6, 6.07) is 0. The third-order valence-corrected chi connectivity index (χ3v) is 4.22. The van der Waals surface area contributed by atoms with E-state index in [4.69, 9.17) is 0 Å². The number of hydrogen-bond donors (Lipinski definition) is 1. The van der Waals surface area contributed by atoms with Crippen molar-refractivity contribution >= 4 is 5.82 Å². The van der Waals surface area contributed by atoms with Crippen molar-refractivity contribution in [3.05, 3.63) is 36.3 Å². The first-order valence-electron chi connectivity index (χ1n) is 7.45. The lowest BCUT2D eigenvalue weighted by atomic mass is 9.93. The summed E-state index contributed by atoms with van der Waals surface area (Å²) in [7, 11) is 3.96. The monoisotopic (exact) mass is 286 g/mol. The molecule has 0 spiro atoms.